The summed E-state index contributed by atoms with van der Waals surface area (Å²) in [5, 5.41) is 11.6. The molecule has 0 saturated carbocycles. The van der Waals surface area contributed by atoms with Gasteiger partial charge in [0.15, 0.2) is 0 Å². The average Bonchev–Trinajstić information content (AvgIpc) is 3.16. The Hall–Kier alpha value is -1.90. The monoisotopic (exact) mass is 364 g/mol. The maximum absolute atomic E-state index is 11.9. The molecule has 9 heteroatoms. The zero-order chi connectivity index (χ0) is 17.9. The second kappa shape index (κ2) is 5.55. The van der Waals surface area contributed by atoms with Gasteiger partial charge in [-0.05, 0) is 24.7 Å². The lowest BCUT2D eigenvalue weighted by Crippen LogP contribution is -2.57. The Kier molecular flexibility index (Phi) is 3.68. The summed E-state index contributed by atoms with van der Waals surface area (Å²) in [7, 11) is 0. The minimum absolute atomic E-state index is 0.0617. The van der Waals surface area contributed by atoms with Crippen LogP contribution in [0.15, 0.2) is 17.6 Å². The van der Waals surface area contributed by atoms with Gasteiger partial charge in [0, 0.05) is 0 Å². The highest BCUT2D eigenvalue weighted by atomic mass is 32.2. The highest BCUT2D eigenvalue weighted by Gasteiger charge is 2.59. The molecule has 4 rings (SSSR count). The van der Waals surface area contributed by atoms with Gasteiger partial charge in [-0.2, -0.15) is 9.36 Å². The van der Waals surface area contributed by atoms with E-state index in [0.29, 0.717) is 0 Å². The fraction of sp³-hybridized carbons (Fsp3) is 0.688. The molecule has 0 bridgehead atoms. The van der Waals surface area contributed by atoms with E-state index in [1.807, 2.05) is 30.1 Å². The lowest BCUT2D eigenvalue weighted by molar-refractivity contribution is -0.758. The molecule has 0 N–H and O–H groups in total. The summed E-state index contributed by atoms with van der Waals surface area (Å²) in [4.78, 5) is 32.2. The number of carboxylic acid groups (broad SMARTS) is 1. The summed E-state index contributed by atoms with van der Waals surface area (Å²) in [6.45, 7) is 7.20. The Morgan fingerprint density at radius 3 is 2.88 bits per heavy atom. The van der Waals surface area contributed by atoms with Crippen molar-refractivity contribution in [3.8, 4) is 0 Å². The van der Waals surface area contributed by atoms with Gasteiger partial charge in [-0.1, -0.05) is 6.92 Å². The van der Waals surface area contributed by atoms with Crippen LogP contribution in [0.2, 0.25) is 0 Å². The second-order valence-electron chi connectivity index (χ2n) is 7.22. The highest BCUT2D eigenvalue weighted by Crippen LogP contribution is 2.48. The van der Waals surface area contributed by atoms with Gasteiger partial charge in [0.2, 0.25) is 6.33 Å². The van der Waals surface area contributed by atoms with Gasteiger partial charge in [0.1, 0.15) is 18.6 Å². The summed E-state index contributed by atoms with van der Waals surface area (Å²) in [6.07, 6.45) is 3.29. The van der Waals surface area contributed by atoms with Crippen LogP contribution in [0.25, 0.3) is 0 Å². The molecule has 0 spiro atoms. The summed E-state index contributed by atoms with van der Waals surface area (Å²) >= 11 is 1.60. The van der Waals surface area contributed by atoms with Crippen LogP contribution in [0.1, 0.15) is 20.8 Å². The average molecular weight is 364 g/mol. The van der Waals surface area contributed by atoms with E-state index in [0.717, 1.165) is 13.1 Å². The van der Waals surface area contributed by atoms with Gasteiger partial charge in [-0.15, -0.1) is 11.8 Å². The number of esters is 1. The molecule has 1 aromatic rings. The van der Waals surface area contributed by atoms with E-state index in [9.17, 15) is 14.7 Å². The van der Waals surface area contributed by atoms with Gasteiger partial charge in [-0.25, -0.2) is 0 Å². The first kappa shape index (κ1) is 16.6. The number of aliphatic carboxylic acids is 1. The summed E-state index contributed by atoms with van der Waals surface area (Å²) in [6, 6.07) is 0. The highest BCUT2D eigenvalue weighted by molar-refractivity contribution is 8.01. The Labute approximate surface area is 149 Å². The van der Waals surface area contributed by atoms with Crippen LogP contribution in [-0.2, 0) is 27.4 Å². The minimum Gasteiger partial charge on any atom is -0.543 e. The second-order valence-corrected chi connectivity index (χ2v) is 8.67. The number of hydrogen-bond acceptors (Lipinski definition) is 7. The molecule has 8 nitrogen and oxygen atoms in total. The van der Waals surface area contributed by atoms with E-state index < -0.39 is 17.4 Å². The first-order valence-corrected chi connectivity index (χ1v) is 9.32. The molecule has 1 fully saturated rings. The van der Waals surface area contributed by atoms with Crippen molar-refractivity contribution in [1.29, 1.82) is 0 Å². The molecule has 4 heterocycles. The van der Waals surface area contributed by atoms with Gasteiger partial charge >= 0.3 is 12.3 Å². The number of carbonyl (C=O) groups excluding carboxylic acids is 2. The van der Waals surface area contributed by atoms with Crippen LogP contribution in [0.4, 0.5) is 0 Å². The fourth-order valence-electron chi connectivity index (χ4n) is 4.21. The van der Waals surface area contributed by atoms with E-state index in [1.54, 1.807) is 24.4 Å². The summed E-state index contributed by atoms with van der Waals surface area (Å²) < 4.78 is 9.11. The Morgan fingerprint density at radius 2 is 2.28 bits per heavy atom. The Bertz CT molecular complexity index is 757. The van der Waals surface area contributed by atoms with E-state index in [1.165, 1.54) is 0 Å². The van der Waals surface area contributed by atoms with Crippen molar-refractivity contribution in [3.63, 3.8) is 0 Å². The molecule has 1 aromatic heterocycles. The fourth-order valence-corrected chi connectivity index (χ4v) is 5.89. The molecule has 0 amide bonds. The number of aromatic nitrogens is 3. The Morgan fingerprint density at radius 1 is 1.52 bits per heavy atom. The third kappa shape index (κ3) is 2.39. The van der Waals surface area contributed by atoms with Crippen molar-refractivity contribution in [3.05, 3.63) is 12.7 Å². The molecule has 0 radical (unpaired) electrons. The van der Waals surface area contributed by atoms with Crippen LogP contribution in [0.5, 0.6) is 0 Å². The van der Waals surface area contributed by atoms with Crippen LogP contribution < -0.4 is 9.79 Å². The van der Waals surface area contributed by atoms with Crippen LogP contribution in [0.3, 0.4) is 0 Å². The normalized spacial score (nSPS) is 39.6. The molecule has 0 aliphatic carbocycles. The molecule has 3 aliphatic rings. The topological polar surface area (TPSA) is 100 Å². The molecule has 1 unspecified atom stereocenters. The molecule has 0 aromatic carbocycles. The molecular formula is C16H20N4O4S. The molecule has 5 atom stereocenters. The van der Waals surface area contributed by atoms with Crippen molar-refractivity contribution in [2.75, 3.05) is 0 Å². The largest absolute Gasteiger partial charge is 0.543 e. The van der Waals surface area contributed by atoms with Crippen molar-refractivity contribution < 1.29 is 24.1 Å². The molecular weight excluding hydrogens is 344 g/mol. The number of carbonyl (C=O) groups is 2. The van der Waals surface area contributed by atoms with E-state index >= 15 is 0 Å². The SMILES string of the molecule is C[C@H]1OC(=O)[C@H]1[C@]1(C)N=C(C(=O)[O-])C(SC2Cn3cnc[n+]3C2)[C@@H]1C. The number of nitrogens with zero attached hydrogens (tertiary/aromatic N) is 4. The number of ether oxygens (including phenoxy) is 1. The number of aliphatic imine (C=N–C) groups is 1. The van der Waals surface area contributed by atoms with Crippen molar-refractivity contribution in [1.82, 2.24) is 9.67 Å². The van der Waals surface area contributed by atoms with Crippen LogP contribution in [-0.4, -0.2) is 49.5 Å². The lowest BCUT2D eigenvalue weighted by atomic mass is 9.72. The van der Waals surface area contributed by atoms with Gasteiger partial charge in [-0.3, -0.25) is 9.79 Å². The zero-order valence-electron chi connectivity index (χ0n) is 14.3. The van der Waals surface area contributed by atoms with Gasteiger partial charge < -0.3 is 14.6 Å². The number of hydrogen-bond donors (Lipinski definition) is 0. The van der Waals surface area contributed by atoms with Crippen molar-refractivity contribution in [2.24, 2.45) is 16.8 Å². The van der Waals surface area contributed by atoms with Crippen molar-refractivity contribution >= 4 is 29.4 Å². The predicted molar refractivity (Wildman–Crippen MR) is 86.6 cm³/mol. The summed E-state index contributed by atoms with van der Waals surface area (Å²) in [5.41, 5.74) is -0.712. The Balaban J connectivity index is 1.57. The van der Waals surface area contributed by atoms with Crippen LogP contribution >= 0.6 is 11.8 Å². The third-order valence-electron chi connectivity index (χ3n) is 5.72. The van der Waals surface area contributed by atoms with E-state index in [-0.39, 0.29) is 34.2 Å². The number of fused-ring (bicyclic) bond motifs is 1. The smallest absolute Gasteiger partial charge is 0.315 e. The molecule has 134 valence electrons. The quantitative estimate of drug-likeness (QED) is 0.492. The van der Waals surface area contributed by atoms with E-state index in [2.05, 4.69) is 9.98 Å². The van der Waals surface area contributed by atoms with Gasteiger partial charge in [0.25, 0.3) is 0 Å². The first-order valence-electron chi connectivity index (χ1n) is 8.38. The van der Waals surface area contributed by atoms with Crippen molar-refractivity contribution in [2.45, 2.75) is 56.0 Å². The predicted octanol–water partition coefficient (Wildman–Crippen LogP) is -1.18. The lowest BCUT2D eigenvalue weighted by Gasteiger charge is -2.44. The number of carboxylic acids is 1. The van der Waals surface area contributed by atoms with E-state index in [4.69, 9.17) is 4.74 Å². The number of rotatable bonds is 4. The maximum atomic E-state index is 11.9. The minimum atomic E-state index is -1.25. The standard InChI is InChI=1S/C16H20N4O4S/c1-8-13(25-10-4-19-6-17-7-20(19)5-10)12(14(21)22)18-16(8,3)11-9(2)24-15(11)23/h6-11,13H,4-5H2,1-3H3/t8-,9+,11-,13?,16+/m0/s1. The zero-order valence-corrected chi connectivity index (χ0v) is 15.1. The van der Waals surface area contributed by atoms with Crippen LogP contribution in [0, 0.1) is 11.8 Å². The number of thioether (sulfide) groups is 1. The first-order chi connectivity index (χ1) is 11.8. The maximum Gasteiger partial charge on any atom is 0.315 e. The molecule has 1 saturated heterocycles. The molecule has 25 heavy (non-hydrogen) atoms. The van der Waals surface area contributed by atoms with Gasteiger partial charge in [0.05, 0.1) is 34.3 Å². The number of cyclic esters (lactones) is 1. The molecule has 3 aliphatic heterocycles. The summed E-state index contributed by atoms with van der Waals surface area (Å²) in [5.74, 6) is -2.06. The third-order valence-corrected chi connectivity index (χ3v) is 7.33.